The number of hydrogen-bond donors (Lipinski definition) is 3. The van der Waals surface area contributed by atoms with Gasteiger partial charge in [0.1, 0.15) is 11.4 Å². The van der Waals surface area contributed by atoms with Crippen molar-refractivity contribution in [2.45, 2.75) is 44.8 Å². The summed E-state index contributed by atoms with van der Waals surface area (Å²) in [7, 11) is 0. The van der Waals surface area contributed by atoms with Gasteiger partial charge in [0.05, 0.1) is 25.3 Å². The van der Waals surface area contributed by atoms with Crippen LogP contribution in [0.3, 0.4) is 0 Å². The Kier molecular flexibility index (Phi) is 6.75. The molecule has 5 N–H and O–H groups in total. The number of nitrogens with zero attached hydrogens (tertiary/aromatic N) is 4. The highest BCUT2D eigenvalue weighted by molar-refractivity contribution is 5.99. The fraction of sp³-hybridized carbons (Fsp3) is 0.478. The number of ether oxygens (including phenoxy) is 1. The molecule has 2 aliphatic heterocycles. The quantitative estimate of drug-likeness (QED) is 0.619. The Balaban J connectivity index is 1.60. The summed E-state index contributed by atoms with van der Waals surface area (Å²) < 4.78 is 5.54. The topological polar surface area (TPSA) is 140 Å². The minimum atomic E-state index is -0.636. The first-order chi connectivity index (χ1) is 15.8. The van der Waals surface area contributed by atoms with E-state index in [-0.39, 0.29) is 29.6 Å². The molecule has 1 unspecified atom stereocenters. The van der Waals surface area contributed by atoms with Gasteiger partial charge < -0.3 is 31.3 Å². The van der Waals surface area contributed by atoms with Crippen molar-refractivity contribution in [2.75, 3.05) is 36.5 Å². The summed E-state index contributed by atoms with van der Waals surface area (Å²) in [4.78, 5) is 38.0. The van der Waals surface area contributed by atoms with Crippen LogP contribution < -0.4 is 21.7 Å². The van der Waals surface area contributed by atoms with Crippen molar-refractivity contribution < 1.29 is 14.3 Å². The van der Waals surface area contributed by atoms with Crippen LogP contribution in [-0.2, 0) is 4.74 Å². The Morgan fingerprint density at radius 1 is 1.21 bits per heavy atom. The van der Waals surface area contributed by atoms with Gasteiger partial charge in [0.25, 0.3) is 11.8 Å². The van der Waals surface area contributed by atoms with Crippen LogP contribution in [0.4, 0.5) is 17.5 Å². The van der Waals surface area contributed by atoms with Gasteiger partial charge in [0, 0.05) is 36.6 Å². The molecule has 3 atom stereocenters. The van der Waals surface area contributed by atoms with E-state index in [9.17, 15) is 9.59 Å². The first-order valence-corrected chi connectivity index (χ1v) is 11.3. The number of morpholine rings is 1. The molecule has 33 heavy (non-hydrogen) atoms. The zero-order valence-corrected chi connectivity index (χ0v) is 19.0. The molecule has 2 amide bonds. The van der Waals surface area contributed by atoms with Gasteiger partial charge in [-0.15, -0.1) is 0 Å². The molecular formula is C23H31N7O3. The molecule has 0 spiro atoms. The standard InChI is InChI=1S/C23H31N7O3/c1-14-12-33-13-15(2)30(14)22(32)16-5-3-7-18(9-16)27-21-19(20(25)31)10-26-23(28-21)29-8-4-6-17(24)11-29/h3,5,7,9-10,14-15,17H,4,6,8,11-13,24H2,1-2H3,(H2,25,31)(H,26,27,28)/t14-,15+,17?. The molecule has 2 saturated heterocycles. The van der Waals surface area contributed by atoms with Crippen molar-refractivity contribution in [3.8, 4) is 0 Å². The van der Waals surface area contributed by atoms with Crippen LogP contribution in [0.15, 0.2) is 30.5 Å². The smallest absolute Gasteiger partial charge is 0.254 e. The van der Waals surface area contributed by atoms with Crippen molar-refractivity contribution in [3.63, 3.8) is 0 Å². The molecule has 10 heteroatoms. The lowest BCUT2D eigenvalue weighted by atomic mass is 10.1. The van der Waals surface area contributed by atoms with E-state index in [1.807, 2.05) is 29.7 Å². The van der Waals surface area contributed by atoms with Crippen molar-refractivity contribution in [1.29, 1.82) is 0 Å². The van der Waals surface area contributed by atoms with Gasteiger partial charge in [0.15, 0.2) is 0 Å². The molecule has 0 bridgehead atoms. The maximum Gasteiger partial charge on any atom is 0.254 e. The number of carbonyl (C=O) groups excluding carboxylic acids is 2. The van der Waals surface area contributed by atoms with Crippen LogP contribution in [0.5, 0.6) is 0 Å². The zero-order valence-electron chi connectivity index (χ0n) is 19.0. The fourth-order valence-electron chi connectivity index (χ4n) is 4.41. The fourth-order valence-corrected chi connectivity index (χ4v) is 4.41. The summed E-state index contributed by atoms with van der Waals surface area (Å²) in [5.41, 5.74) is 13.0. The second kappa shape index (κ2) is 9.72. The SMILES string of the molecule is C[C@@H]1COC[C@H](C)N1C(=O)c1cccc(Nc2nc(N3CCCC(N)C3)ncc2C(N)=O)c1. The Labute approximate surface area is 193 Å². The van der Waals surface area contributed by atoms with E-state index < -0.39 is 5.91 Å². The number of rotatable bonds is 5. The average Bonchev–Trinajstić information content (AvgIpc) is 2.79. The number of amides is 2. The molecule has 1 aromatic carbocycles. The van der Waals surface area contributed by atoms with Gasteiger partial charge >= 0.3 is 0 Å². The molecule has 0 radical (unpaired) electrons. The molecule has 0 saturated carbocycles. The Bertz CT molecular complexity index is 1020. The minimum absolute atomic E-state index is 0.0142. The monoisotopic (exact) mass is 453 g/mol. The van der Waals surface area contributed by atoms with E-state index in [1.54, 1.807) is 18.2 Å². The van der Waals surface area contributed by atoms with Crippen molar-refractivity contribution in [3.05, 3.63) is 41.6 Å². The lowest BCUT2D eigenvalue weighted by Crippen LogP contribution is -2.52. The number of carbonyl (C=O) groups is 2. The van der Waals surface area contributed by atoms with Crippen LogP contribution in [0.25, 0.3) is 0 Å². The molecular weight excluding hydrogens is 422 g/mol. The van der Waals surface area contributed by atoms with Crippen molar-refractivity contribution >= 4 is 29.3 Å². The number of primary amides is 1. The maximum atomic E-state index is 13.2. The van der Waals surface area contributed by atoms with Gasteiger partial charge in [-0.25, -0.2) is 4.98 Å². The summed E-state index contributed by atoms with van der Waals surface area (Å²) in [6.07, 6.45) is 3.34. The van der Waals surface area contributed by atoms with E-state index >= 15 is 0 Å². The highest BCUT2D eigenvalue weighted by Crippen LogP contribution is 2.25. The number of aromatic nitrogens is 2. The van der Waals surface area contributed by atoms with Gasteiger partial charge in [-0.3, -0.25) is 9.59 Å². The molecule has 176 valence electrons. The van der Waals surface area contributed by atoms with Crippen LogP contribution >= 0.6 is 0 Å². The first kappa shape index (κ1) is 22.9. The van der Waals surface area contributed by atoms with E-state index in [2.05, 4.69) is 15.3 Å². The van der Waals surface area contributed by atoms with Crippen LogP contribution in [0, 0.1) is 0 Å². The third-order valence-electron chi connectivity index (χ3n) is 6.06. The van der Waals surface area contributed by atoms with Crippen molar-refractivity contribution in [1.82, 2.24) is 14.9 Å². The zero-order chi connectivity index (χ0) is 23.5. The molecule has 4 rings (SSSR count). The van der Waals surface area contributed by atoms with Gasteiger partial charge in [-0.05, 0) is 44.9 Å². The van der Waals surface area contributed by atoms with E-state index in [0.29, 0.717) is 42.8 Å². The summed E-state index contributed by atoms with van der Waals surface area (Å²) in [6, 6.07) is 7.16. The Morgan fingerprint density at radius 3 is 2.67 bits per heavy atom. The van der Waals surface area contributed by atoms with Crippen LogP contribution in [0.2, 0.25) is 0 Å². The maximum absolute atomic E-state index is 13.2. The molecule has 3 heterocycles. The lowest BCUT2D eigenvalue weighted by Gasteiger charge is -2.38. The second-order valence-corrected chi connectivity index (χ2v) is 8.80. The number of nitrogens with one attached hydrogen (secondary N) is 1. The lowest BCUT2D eigenvalue weighted by molar-refractivity contribution is -0.0249. The highest BCUT2D eigenvalue weighted by atomic mass is 16.5. The Hall–Kier alpha value is -3.24. The summed E-state index contributed by atoms with van der Waals surface area (Å²) in [5.74, 6) is 0.0792. The highest BCUT2D eigenvalue weighted by Gasteiger charge is 2.30. The van der Waals surface area contributed by atoms with Crippen molar-refractivity contribution in [2.24, 2.45) is 11.5 Å². The predicted molar refractivity (Wildman–Crippen MR) is 126 cm³/mol. The molecule has 2 fully saturated rings. The third kappa shape index (κ3) is 5.07. The van der Waals surface area contributed by atoms with E-state index in [4.69, 9.17) is 16.2 Å². The summed E-state index contributed by atoms with van der Waals surface area (Å²) in [6.45, 7) is 6.42. The number of anilines is 3. The largest absolute Gasteiger partial charge is 0.377 e. The third-order valence-corrected chi connectivity index (χ3v) is 6.06. The van der Waals surface area contributed by atoms with E-state index in [1.165, 1.54) is 6.20 Å². The van der Waals surface area contributed by atoms with Crippen LogP contribution in [0.1, 0.15) is 47.4 Å². The first-order valence-electron chi connectivity index (χ1n) is 11.3. The Morgan fingerprint density at radius 2 is 1.97 bits per heavy atom. The molecule has 2 aromatic rings. The number of hydrogen-bond acceptors (Lipinski definition) is 8. The number of piperidine rings is 1. The molecule has 0 aliphatic carbocycles. The molecule has 1 aromatic heterocycles. The molecule has 2 aliphatic rings. The normalized spacial score (nSPS) is 23.3. The van der Waals surface area contributed by atoms with Gasteiger partial charge in [-0.2, -0.15) is 4.98 Å². The predicted octanol–water partition coefficient (Wildman–Crippen LogP) is 1.50. The summed E-state index contributed by atoms with van der Waals surface area (Å²) in [5, 5.41) is 3.16. The second-order valence-electron chi connectivity index (χ2n) is 8.80. The number of benzene rings is 1. The molecule has 10 nitrogen and oxygen atoms in total. The van der Waals surface area contributed by atoms with Gasteiger partial charge in [0.2, 0.25) is 5.95 Å². The number of nitrogens with two attached hydrogens (primary N) is 2. The summed E-state index contributed by atoms with van der Waals surface area (Å²) >= 11 is 0. The average molecular weight is 454 g/mol. The van der Waals surface area contributed by atoms with E-state index in [0.717, 1.165) is 19.4 Å². The minimum Gasteiger partial charge on any atom is -0.377 e. The van der Waals surface area contributed by atoms with Gasteiger partial charge in [-0.1, -0.05) is 6.07 Å². The van der Waals surface area contributed by atoms with Crippen LogP contribution in [-0.4, -0.2) is 71.1 Å².